The Morgan fingerprint density at radius 1 is 1.26 bits per heavy atom. The molecule has 1 unspecified atom stereocenters. The van der Waals surface area contributed by atoms with Crippen molar-refractivity contribution in [2.75, 3.05) is 0 Å². The third-order valence-corrected chi connectivity index (χ3v) is 3.47. The molecular formula is C16H19FN2. The van der Waals surface area contributed by atoms with E-state index in [0.29, 0.717) is 5.39 Å². The lowest BCUT2D eigenvalue weighted by Crippen LogP contribution is -2.28. The summed E-state index contributed by atoms with van der Waals surface area (Å²) in [5.41, 5.74) is 4.94. The average molecular weight is 258 g/mol. The number of rotatable bonds is 5. The minimum absolute atomic E-state index is 0.0436. The van der Waals surface area contributed by atoms with Crippen LogP contribution in [-0.4, -0.2) is 0 Å². The zero-order valence-electron chi connectivity index (χ0n) is 11.1. The molecule has 0 heterocycles. The Labute approximate surface area is 113 Å². The number of hydrogen-bond acceptors (Lipinski definition) is 2. The minimum Gasteiger partial charge on any atom is -0.271 e. The average Bonchev–Trinajstić information content (AvgIpc) is 2.45. The third kappa shape index (κ3) is 2.83. The van der Waals surface area contributed by atoms with Crippen molar-refractivity contribution >= 4 is 10.8 Å². The predicted octanol–water partition coefficient (Wildman–Crippen LogP) is 3.84. The molecule has 0 aromatic heterocycles. The Bertz CT molecular complexity index is 592. The number of nitrogens with one attached hydrogen (secondary N) is 1. The van der Waals surface area contributed by atoms with E-state index in [0.717, 1.165) is 29.4 Å². The molecule has 3 N–H and O–H groups in total. The van der Waals surface area contributed by atoms with Crippen LogP contribution in [-0.2, 0) is 0 Å². The summed E-state index contributed by atoms with van der Waals surface area (Å²) in [7, 11) is 0. The number of hydrogen-bond donors (Lipinski definition) is 2. The fraction of sp³-hybridized carbons (Fsp3) is 0.250. The van der Waals surface area contributed by atoms with Crippen molar-refractivity contribution < 1.29 is 4.39 Å². The summed E-state index contributed by atoms with van der Waals surface area (Å²) in [6.45, 7) is 6.08. The first-order valence-electron chi connectivity index (χ1n) is 6.47. The van der Waals surface area contributed by atoms with Gasteiger partial charge in [-0.3, -0.25) is 11.3 Å². The minimum atomic E-state index is -0.204. The number of hydrazine groups is 1. The van der Waals surface area contributed by atoms with E-state index in [1.54, 1.807) is 12.1 Å². The van der Waals surface area contributed by atoms with Gasteiger partial charge < -0.3 is 0 Å². The van der Waals surface area contributed by atoms with Crippen LogP contribution in [0, 0.1) is 5.82 Å². The Morgan fingerprint density at radius 3 is 2.58 bits per heavy atom. The van der Waals surface area contributed by atoms with E-state index in [2.05, 4.69) is 18.9 Å². The van der Waals surface area contributed by atoms with Crippen molar-refractivity contribution in [2.45, 2.75) is 25.8 Å². The van der Waals surface area contributed by atoms with Gasteiger partial charge in [-0.05, 0) is 29.9 Å². The normalized spacial score (nSPS) is 12.6. The molecule has 100 valence electrons. The molecule has 0 spiro atoms. The summed E-state index contributed by atoms with van der Waals surface area (Å²) >= 11 is 0. The lowest BCUT2D eigenvalue weighted by atomic mass is 9.94. The monoisotopic (exact) mass is 258 g/mol. The predicted molar refractivity (Wildman–Crippen MR) is 78.0 cm³/mol. The van der Waals surface area contributed by atoms with Crippen LogP contribution in [0.1, 0.15) is 31.4 Å². The van der Waals surface area contributed by atoms with Gasteiger partial charge in [-0.2, -0.15) is 0 Å². The zero-order chi connectivity index (χ0) is 13.8. The van der Waals surface area contributed by atoms with E-state index in [4.69, 9.17) is 5.84 Å². The number of benzene rings is 2. The second-order valence-electron chi connectivity index (χ2n) is 4.71. The molecule has 0 saturated carbocycles. The topological polar surface area (TPSA) is 38.0 Å². The fourth-order valence-electron chi connectivity index (χ4n) is 2.28. The van der Waals surface area contributed by atoms with Gasteiger partial charge >= 0.3 is 0 Å². The molecule has 0 bridgehead atoms. The highest BCUT2D eigenvalue weighted by Crippen LogP contribution is 2.29. The quantitative estimate of drug-likeness (QED) is 0.486. The molecule has 0 radical (unpaired) electrons. The lowest BCUT2D eigenvalue weighted by molar-refractivity contribution is 0.547. The molecule has 19 heavy (non-hydrogen) atoms. The first-order valence-corrected chi connectivity index (χ1v) is 6.47. The first kappa shape index (κ1) is 13.7. The highest BCUT2D eigenvalue weighted by molar-refractivity contribution is 5.86. The molecule has 2 aromatic rings. The van der Waals surface area contributed by atoms with E-state index >= 15 is 0 Å². The molecule has 0 fully saturated rings. The first-order chi connectivity index (χ1) is 9.17. The SMILES string of the molecule is C=C(CC)CC(NN)c1ccc(F)c2ccccc12. The smallest absolute Gasteiger partial charge is 0.131 e. The van der Waals surface area contributed by atoms with Crippen molar-refractivity contribution in [2.24, 2.45) is 5.84 Å². The van der Waals surface area contributed by atoms with Crippen LogP contribution in [0.3, 0.4) is 0 Å². The van der Waals surface area contributed by atoms with Gasteiger partial charge in [0.15, 0.2) is 0 Å². The molecule has 1 atom stereocenters. The van der Waals surface area contributed by atoms with E-state index in [1.165, 1.54) is 6.07 Å². The van der Waals surface area contributed by atoms with Gasteiger partial charge in [0.05, 0.1) is 6.04 Å². The standard InChI is InChI=1S/C16H19FN2/c1-3-11(2)10-16(19-18)14-8-9-15(17)13-7-5-4-6-12(13)14/h4-9,16,19H,2-3,10,18H2,1H3. The van der Waals surface area contributed by atoms with Crippen LogP contribution < -0.4 is 11.3 Å². The van der Waals surface area contributed by atoms with Gasteiger partial charge in [-0.15, -0.1) is 0 Å². The summed E-state index contributed by atoms with van der Waals surface area (Å²) in [6, 6.07) is 10.7. The summed E-state index contributed by atoms with van der Waals surface area (Å²) in [5, 5.41) is 1.52. The Kier molecular flexibility index (Phi) is 4.30. The number of nitrogens with two attached hydrogens (primary N) is 1. The van der Waals surface area contributed by atoms with Crippen molar-refractivity contribution in [1.29, 1.82) is 0 Å². The summed E-state index contributed by atoms with van der Waals surface area (Å²) < 4.78 is 13.8. The molecule has 2 rings (SSSR count). The van der Waals surface area contributed by atoms with Gasteiger partial charge in [0, 0.05) is 5.39 Å². The van der Waals surface area contributed by atoms with Crippen LogP contribution >= 0.6 is 0 Å². The second-order valence-corrected chi connectivity index (χ2v) is 4.71. The third-order valence-electron chi connectivity index (χ3n) is 3.47. The molecule has 0 aliphatic heterocycles. The molecule has 2 nitrogen and oxygen atoms in total. The molecule has 0 aliphatic rings. The highest BCUT2D eigenvalue weighted by atomic mass is 19.1. The second kappa shape index (κ2) is 5.95. The van der Waals surface area contributed by atoms with Gasteiger partial charge in [0.1, 0.15) is 5.82 Å². The molecular weight excluding hydrogens is 239 g/mol. The van der Waals surface area contributed by atoms with Crippen molar-refractivity contribution in [3.63, 3.8) is 0 Å². The van der Waals surface area contributed by atoms with Crippen LogP contribution in [0.4, 0.5) is 4.39 Å². The molecule has 0 aliphatic carbocycles. The summed E-state index contributed by atoms with van der Waals surface area (Å²) in [6.07, 6.45) is 1.67. The number of fused-ring (bicyclic) bond motifs is 1. The Hall–Kier alpha value is -1.71. The highest BCUT2D eigenvalue weighted by Gasteiger charge is 2.15. The molecule has 0 amide bonds. The van der Waals surface area contributed by atoms with E-state index in [1.807, 2.05) is 18.2 Å². The summed E-state index contributed by atoms with van der Waals surface area (Å²) in [5.74, 6) is 5.45. The van der Waals surface area contributed by atoms with Gasteiger partial charge in [0.25, 0.3) is 0 Å². The molecule has 0 saturated heterocycles. The largest absolute Gasteiger partial charge is 0.271 e. The van der Waals surface area contributed by atoms with Crippen molar-refractivity contribution in [3.05, 3.63) is 59.9 Å². The Balaban J connectivity index is 2.49. The van der Waals surface area contributed by atoms with Crippen LogP contribution in [0.25, 0.3) is 10.8 Å². The van der Waals surface area contributed by atoms with E-state index < -0.39 is 0 Å². The maximum Gasteiger partial charge on any atom is 0.131 e. The molecule has 2 aromatic carbocycles. The van der Waals surface area contributed by atoms with E-state index in [9.17, 15) is 4.39 Å². The Morgan fingerprint density at radius 2 is 1.95 bits per heavy atom. The fourth-order valence-corrected chi connectivity index (χ4v) is 2.28. The van der Waals surface area contributed by atoms with Gasteiger partial charge in [-0.25, -0.2) is 4.39 Å². The van der Waals surface area contributed by atoms with Gasteiger partial charge in [-0.1, -0.05) is 49.4 Å². The maximum atomic E-state index is 13.8. The van der Waals surface area contributed by atoms with Gasteiger partial charge in [0.2, 0.25) is 0 Å². The molecule has 3 heteroatoms. The zero-order valence-corrected chi connectivity index (χ0v) is 11.1. The van der Waals surface area contributed by atoms with Crippen LogP contribution in [0.15, 0.2) is 48.6 Å². The maximum absolute atomic E-state index is 13.8. The lowest BCUT2D eigenvalue weighted by Gasteiger charge is -2.19. The van der Waals surface area contributed by atoms with Crippen LogP contribution in [0.5, 0.6) is 0 Å². The van der Waals surface area contributed by atoms with Crippen molar-refractivity contribution in [1.82, 2.24) is 5.43 Å². The summed E-state index contributed by atoms with van der Waals surface area (Å²) in [4.78, 5) is 0. The van der Waals surface area contributed by atoms with E-state index in [-0.39, 0.29) is 11.9 Å². The van der Waals surface area contributed by atoms with Crippen molar-refractivity contribution in [3.8, 4) is 0 Å². The number of halogens is 1. The van der Waals surface area contributed by atoms with Crippen LogP contribution in [0.2, 0.25) is 0 Å².